The molecule has 0 aliphatic rings. The molecule has 0 fully saturated rings. The van der Waals surface area contributed by atoms with Gasteiger partial charge in [0, 0.05) is 13.0 Å². The third-order valence-corrected chi connectivity index (χ3v) is 8.60. The van der Waals surface area contributed by atoms with Crippen molar-refractivity contribution in [3.8, 4) is 0 Å². The van der Waals surface area contributed by atoms with E-state index < -0.39 is 60.6 Å². The van der Waals surface area contributed by atoms with Gasteiger partial charge in [-0.1, -0.05) is 102 Å². The van der Waals surface area contributed by atoms with E-state index in [2.05, 4.69) is 26.6 Å². The van der Waals surface area contributed by atoms with Crippen molar-refractivity contribution in [1.29, 1.82) is 0 Å². The Morgan fingerprint density at radius 2 is 1.26 bits per heavy atom. The lowest BCUT2D eigenvalue weighted by Gasteiger charge is -2.27. The van der Waals surface area contributed by atoms with Crippen LogP contribution >= 0.6 is 0 Å². The molecule has 14 heteroatoms. The van der Waals surface area contributed by atoms with Crippen molar-refractivity contribution in [2.24, 2.45) is 17.8 Å². The van der Waals surface area contributed by atoms with E-state index in [0.29, 0.717) is 18.4 Å². The van der Waals surface area contributed by atoms with Crippen LogP contribution in [-0.4, -0.2) is 78.7 Å². The number of unbranched alkanes of at least 4 members (excludes halogenated alkanes) is 1. The molecule has 2 rings (SSSR count). The highest BCUT2D eigenvalue weighted by atomic mass is 16.5. The number of ether oxygens (including phenoxy) is 2. The fourth-order valence-corrected chi connectivity index (χ4v) is 5.60. The van der Waals surface area contributed by atoms with Crippen LogP contribution in [0.4, 0.5) is 4.79 Å². The Hall–Kier alpha value is -4.98. The van der Waals surface area contributed by atoms with Gasteiger partial charge in [0.2, 0.25) is 23.6 Å². The Balaban J connectivity index is 2.03. The molecule has 0 saturated carbocycles. The number of nitrogens with one attached hydrogen (secondary N) is 5. The zero-order chi connectivity index (χ0) is 40.2. The first kappa shape index (κ1) is 45.2. The van der Waals surface area contributed by atoms with E-state index in [9.17, 15) is 33.9 Å². The van der Waals surface area contributed by atoms with Crippen molar-refractivity contribution in [3.63, 3.8) is 0 Å². The van der Waals surface area contributed by atoms with Crippen molar-refractivity contribution < 1.29 is 43.3 Å². The highest BCUT2D eigenvalue weighted by Gasteiger charge is 2.31. The number of hydrogen-bond donors (Lipinski definition) is 6. The van der Waals surface area contributed by atoms with Gasteiger partial charge in [0.15, 0.2) is 6.04 Å². The number of hydrogen-bond acceptors (Lipinski definition) is 9. The summed E-state index contributed by atoms with van der Waals surface area (Å²) in [6.45, 7) is 11.3. The lowest BCUT2D eigenvalue weighted by molar-refractivity contribution is -0.145. The van der Waals surface area contributed by atoms with Gasteiger partial charge in [-0.15, -0.1) is 0 Å². The summed E-state index contributed by atoms with van der Waals surface area (Å²) < 4.78 is 10.2. The van der Waals surface area contributed by atoms with Gasteiger partial charge < -0.3 is 41.2 Å². The first-order valence-corrected chi connectivity index (χ1v) is 18.6. The van der Waals surface area contributed by atoms with Crippen LogP contribution in [0.25, 0.3) is 0 Å². The number of esters is 1. The fourth-order valence-electron chi connectivity index (χ4n) is 5.60. The molecule has 54 heavy (non-hydrogen) atoms. The van der Waals surface area contributed by atoms with Crippen molar-refractivity contribution in [2.75, 3.05) is 13.7 Å². The maximum atomic E-state index is 13.2. The molecule has 0 aromatic heterocycles. The minimum atomic E-state index is -1.35. The summed E-state index contributed by atoms with van der Waals surface area (Å²) in [6.07, 6.45) is -1.21. The number of alkyl carbamates (subject to hydrolysis) is 1. The fraction of sp³-hybridized carbons (Fsp3) is 0.550. The molecule has 0 aliphatic heterocycles. The summed E-state index contributed by atoms with van der Waals surface area (Å²) in [6, 6.07) is 13.9. The first-order chi connectivity index (χ1) is 25.6. The maximum Gasteiger partial charge on any atom is 0.407 e. The average Bonchev–Trinajstić information content (AvgIpc) is 3.13. The predicted octanol–water partition coefficient (Wildman–Crippen LogP) is 3.68. The predicted molar refractivity (Wildman–Crippen MR) is 203 cm³/mol. The molecule has 0 saturated heterocycles. The molecule has 6 N–H and O–H groups in total. The van der Waals surface area contributed by atoms with Gasteiger partial charge in [0.1, 0.15) is 18.7 Å². The Kier molecular flexibility index (Phi) is 19.8. The van der Waals surface area contributed by atoms with Crippen molar-refractivity contribution in [2.45, 2.75) is 111 Å². The summed E-state index contributed by atoms with van der Waals surface area (Å²) in [7, 11) is 1.21. The average molecular weight is 754 g/mol. The standard InChI is InChI=1S/C40H59N5O9/c1-25(2)22-32(47)43-35(27(5)6)38(50)45-34(26(3)4)37(49)41-21-15-14-20-30(42-40(52)54-24-28-16-10-8-11-17-28)31(46)23-33(48)44-36(39(51)53-7)29-18-12-9-13-19-29/h8-13,16-19,25-27,30-31,34-36,46H,14-15,20-24H2,1-7H3,(H,41,49)(H,42,52)(H,43,47)(H,44,48)(H,45,50)/t30?,31?,34-,35-,36-/m1/s1. The van der Waals surface area contributed by atoms with Crippen LogP contribution in [0, 0.1) is 17.8 Å². The van der Waals surface area contributed by atoms with Crippen LogP contribution in [0.3, 0.4) is 0 Å². The molecular formula is C40H59N5O9. The van der Waals surface area contributed by atoms with Gasteiger partial charge in [-0.05, 0) is 48.1 Å². The van der Waals surface area contributed by atoms with E-state index in [4.69, 9.17) is 9.47 Å². The molecule has 0 spiro atoms. The molecule has 5 amide bonds. The third-order valence-electron chi connectivity index (χ3n) is 8.60. The zero-order valence-electron chi connectivity index (χ0n) is 32.6. The van der Waals surface area contributed by atoms with E-state index in [1.165, 1.54) is 7.11 Å². The zero-order valence-corrected chi connectivity index (χ0v) is 32.6. The molecule has 14 nitrogen and oxygen atoms in total. The summed E-state index contributed by atoms with van der Waals surface area (Å²) in [4.78, 5) is 77.1. The lowest BCUT2D eigenvalue weighted by Crippen LogP contribution is -2.57. The molecule has 2 aromatic carbocycles. The molecule has 5 atom stereocenters. The smallest absolute Gasteiger partial charge is 0.407 e. The number of aliphatic hydroxyl groups is 1. The van der Waals surface area contributed by atoms with E-state index in [1.54, 1.807) is 42.5 Å². The second kappa shape index (κ2) is 23.6. The molecule has 0 aliphatic carbocycles. The van der Waals surface area contributed by atoms with Gasteiger partial charge in [-0.25, -0.2) is 9.59 Å². The summed E-state index contributed by atoms with van der Waals surface area (Å²) >= 11 is 0. The highest BCUT2D eigenvalue weighted by Crippen LogP contribution is 2.16. The van der Waals surface area contributed by atoms with Crippen molar-refractivity contribution in [1.82, 2.24) is 26.6 Å². The number of carbonyl (C=O) groups is 6. The SMILES string of the molecule is COC(=O)[C@H](NC(=O)CC(O)C(CCCCNC(=O)[C@H](NC(=O)[C@H](NC(=O)CC(C)C)C(C)C)C(C)C)NC(=O)OCc1ccccc1)c1ccccc1. The minimum Gasteiger partial charge on any atom is -0.467 e. The Morgan fingerprint density at radius 3 is 1.83 bits per heavy atom. The van der Waals surface area contributed by atoms with Crippen LogP contribution in [0.5, 0.6) is 0 Å². The van der Waals surface area contributed by atoms with Gasteiger partial charge in [-0.2, -0.15) is 0 Å². The first-order valence-electron chi connectivity index (χ1n) is 18.6. The van der Waals surface area contributed by atoms with Crippen LogP contribution in [0.1, 0.15) is 90.8 Å². The minimum absolute atomic E-state index is 0.00429. The van der Waals surface area contributed by atoms with Gasteiger partial charge >= 0.3 is 12.1 Å². The van der Waals surface area contributed by atoms with E-state index in [0.717, 1.165) is 5.56 Å². The molecule has 298 valence electrons. The lowest BCUT2D eigenvalue weighted by atomic mass is 9.99. The Morgan fingerprint density at radius 1 is 0.685 bits per heavy atom. The number of amides is 5. The van der Waals surface area contributed by atoms with Gasteiger partial charge in [-0.3, -0.25) is 19.2 Å². The van der Waals surface area contributed by atoms with Gasteiger partial charge in [0.05, 0.1) is 25.7 Å². The van der Waals surface area contributed by atoms with Crippen LogP contribution in [-0.2, 0) is 40.1 Å². The molecular weight excluding hydrogens is 694 g/mol. The van der Waals surface area contributed by atoms with Crippen LogP contribution < -0.4 is 26.6 Å². The Bertz CT molecular complexity index is 1490. The number of rotatable bonds is 22. The van der Waals surface area contributed by atoms with Gasteiger partial charge in [0.25, 0.3) is 0 Å². The number of benzene rings is 2. The van der Waals surface area contributed by atoms with Crippen molar-refractivity contribution in [3.05, 3.63) is 71.8 Å². The largest absolute Gasteiger partial charge is 0.467 e. The monoisotopic (exact) mass is 753 g/mol. The second-order valence-corrected chi connectivity index (χ2v) is 14.4. The van der Waals surface area contributed by atoms with E-state index >= 15 is 0 Å². The molecule has 0 radical (unpaired) electrons. The van der Waals surface area contributed by atoms with E-state index in [-0.39, 0.29) is 55.6 Å². The topological polar surface area (TPSA) is 201 Å². The highest BCUT2D eigenvalue weighted by molar-refractivity contribution is 5.92. The summed E-state index contributed by atoms with van der Waals surface area (Å²) in [5.41, 5.74) is 1.27. The quantitative estimate of drug-likeness (QED) is 0.0767. The molecule has 2 unspecified atom stereocenters. The molecule has 2 aromatic rings. The molecule has 0 bridgehead atoms. The van der Waals surface area contributed by atoms with Crippen LogP contribution in [0.2, 0.25) is 0 Å². The number of aliphatic hydroxyl groups excluding tert-OH is 1. The number of methoxy groups -OCH3 is 1. The van der Waals surface area contributed by atoms with Crippen LogP contribution in [0.15, 0.2) is 60.7 Å². The summed E-state index contributed by atoms with van der Waals surface area (Å²) in [5, 5.41) is 24.9. The van der Waals surface area contributed by atoms with E-state index in [1.807, 2.05) is 59.7 Å². The van der Waals surface area contributed by atoms with Crippen molar-refractivity contribution >= 4 is 35.7 Å². The second-order valence-electron chi connectivity index (χ2n) is 14.4. The Labute approximate surface area is 318 Å². The third kappa shape index (κ3) is 16.4. The normalized spacial score (nSPS) is 13.9. The summed E-state index contributed by atoms with van der Waals surface area (Å²) in [5.74, 6) is -2.70. The maximum absolute atomic E-state index is 13.2. The number of carbonyl (C=O) groups excluding carboxylic acids is 6. The molecule has 0 heterocycles.